The summed E-state index contributed by atoms with van der Waals surface area (Å²) in [4.78, 5) is 13.5. The lowest BCUT2D eigenvalue weighted by Crippen LogP contribution is -2.31. The van der Waals surface area contributed by atoms with Crippen molar-refractivity contribution in [2.24, 2.45) is 0 Å². The van der Waals surface area contributed by atoms with Crippen molar-refractivity contribution >= 4 is 33.2 Å². The van der Waals surface area contributed by atoms with Crippen molar-refractivity contribution in [3.8, 4) is 22.5 Å². The van der Waals surface area contributed by atoms with E-state index in [0.717, 1.165) is 30.2 Å². The fraction of sp³-hybridized carbons (Fsp3) is 0.179. The van der Waals surface area contributed by atoms with E-state index in [1.165, 1.54) is 55.0 Å². The molecule has 2 atom stereocenters. The molecule has 0 bridgehead atoms. The van der Waals surface area contributed by atoms with Crippen LogP contribution in [0, 0.1) is 0 Å². The number of anilines is 2. The van der Waals surface area contributed by atoms with Gasteiger partial charge >= 0.3 is 0 Å². The lowest BCUT2D eigenvalue weighted by Gasteiger charge is -2.30. The Bertz CT molecular complexity index is 2100. The number of allylic oxidation sites excluding steroid dienone is 1. The van der Waals surface area contributed by atoms with Gasteiger partial charge in [-0.1, -0.05) is 117 Å². The van der Waals surface area contributed by atoms with Crippen LogP contribution in [0.3, 0.4) is 0 Å². The molecular formula is C39H31N3. The van der Waals surface area contributed by atoms with Crippen LogP contribution in [0.1, 0.15) is 49.3 Å². The van der Waals surface area contributed by atoms with Gasteiger partial charge in [0, 0.05) is 33.7 Å². The highest BCUT2D eigenvalue weighted by molar-refractivity contribution is 5.99. The first-order valence-corrected chi connectivity index (χ1v) is 15.1. The summed E-state index contributed by atoms with van der Waals surface area (Å²) < 4.78 is 0. The predicted molar refractivity (Wildman–Crippen MR) is 174 cm³/mol. The third-order valence-electron chi connectivity index (χ3n) is 9.88. The van der Waals surface area contributed by atoms with Crippen molar-refractivity contribution in [1.29, 1.82) is 0 Å². The number of aromatic nitrogens is 2. The molecule has 3 heteroatoms. The second-order valence-electron chi connectivity index (χ2n) is 12.5. The van der Waals surface area contributed by atoms with Gasteiger partial charge in [0.25, 0.3) is 0 Å². The molecule has 202 valence electrons. The van der Waals surface area contributed by atoms with Gasteiger partial charge in [0.15, 0.2) is 0 Å². The third kappa shape index (κ3) is 3.22. The summed E-state index contributed by atoms with van der Waals surface area (Å²) in [6.45, 7) is 4.65. The van der Waals surface area contributed by atoms with Crippen LogP contribution in [0.25, 0.3) is 44.1 Å². The smallest absolute Gasteiger partial charge is 0.231 e. The van der Waals surface area contributed by atoms with Crippen molar-refractivity contribution in [2.45, 2.75) is 44.1 Å². The Labute approximate surface area is 246 Å². The van der Waals surface area contributed by atoms with Gasteiger partial charge in [-0.05, 0) is 57.6 Å². The quantitative estimate of drug-likeness (QED) is 0.204. The lowest BCUT2D eigenvalue weighted by atomic mass is 9.80. The Hall–Kier alpha value is -4.76. The predicted octanol–water partition coefficient (Wildman–Crippen LogP) is 9.71. The molecule has 0 fully saturated rings. The number of hydrogen-bond acceptors (Lipinski definition) is 3. The first-order chi connectivity index (χ1) is 20.6. The molecular weight excluding hydrogens is 510 g/mol. The Morgan fingerprint density at radius 2 is 1.38 bits per heavy atom. The molecule has 0 saturated carbocycles. The van der Waals surface area contributed by atoms with Crippen LogP contribution in [-0.4, -0.2) is 16.0 Å². The Morgan fingerprint density at radius 3 is 2.24 bits per heavy atom. The highest BCUT2D eigenvalue weighted by Crippen LogP contribution is 2.54. The monoisotopic (exact) mass is 541 g/mol. The molecule has 2 heterocycles. The molecule has 2 unspecified atom stereocenters. The summed E-state index contributed by atoms with van der Waals surface area (Å²) >= 11 is 0. The van der Waals surface area contributed by atoms with Gasteiger partial charge in [-0.15, -0.1) is 0 Å². The van der Waals surface area contributed by atoms with Crippen LogP contribution in [0.15, 0.2) is 115 Å². The van der Waals surface area contributed by atoms with Gasteiger partial charge in [0.2, 0.25) is 5.95 Å². The van der Waals surface area contributed by atoms with Gasteiger partial charge in [-0.2, -0.15) is 0 Å². The Morgan fingerprint density at radius 1 is 0.714 bits per heavy atom. The number of hydrogen-bond donors (Lipinski definition) is 0. The molecule has 0 N–H and O–H groups in total. The normalized spacial score (nSPS) is 19.5. The summed E-state index contributed by atoms with van der Waals surface area (Å²) in [6.07, 6.45) is 6.98. The Kier molecular flexibility index (Phi) is 4.91. The zero-order valence-electron chi connectivity index (χ0n) is 23.9. The van der Waals surface area contributed by atoms with Gasteiger partial charge in [0.05, 0.1) is 17.4 Å². The number of nitrogens with zero attached hydrogens (tertiary/aromatic N) is 3. The highest BCUT2D eigenvalue weighted by Gasteiger charge is 2.44. The van der Waals surface area contributed by atoms with Crippen LogP contribution in [0.2, 0.25) is 0 Å². The molecule has 0 saturated heterocycles. The van der Waals surface area contributed by atoms with E-state index >= 15 is 0 Å². The van der Waals surface area contributed by atoms with Gasteiger partial charge in [-0.25, -0.2) is 9.97 Å². The van der Waals surface area contributed by atoms with E-state index in [-0.39, 0.29) is 11.5 Å². The van der Waals surface area contributed by atoms with Crippen LogP contribution in [0.4, 0.5) is 11.6 Å². The van der Waals surface area contributed by atoms with Crippen molar-refractivity contribution in [3.05, 3.63) is 132 Å². The molecule has 0 spiro atoms. The first kappa shape index (κ1) is 23.9. The van der Waals surface area contributed by atoms with E-state index in [4.69, 9.17) is 9.97 Å². The fourth-order valence-electron chi connectivity index (χ4n) is 7.91. The molecule has 6 aromatic rings. The van der Waals surface area contributed by atoms with Gasteiger partial charge in [-0.3, -0.25) is 0 Å². The summed E-state index contributed by atoms with van der Waals surface area (Å²) in [5, 5.41) is 5.01. The molecule has 3 aliphatic rings. The lowest BCUT2D eigenvalue weighted by molar-refractivity contribution is 0.568. The molecule has 3 nitrogen and oxygen atoms in total. The molecule has 0 radical (unpaired) electrons. The molecule has 42 heavy (non-hydrogen) atoms. The van der Waals surface area contributed by atoms with E-state index in [0.29, 0.717) is 5.92 Å². The molecule has 2 aliphatic carbocycles. The van der Waals surface area contributed by atoms with E-state index in [1.54, 1.807) is 0 Å². The van der Waals surface area contributed by atoms with Crippen LogP contribution < -0.4 is 4.90 Å². The number of rotatable bonds is 2. The second kappa shape index (κ2) is 8.62. The molecule has 1 aromatic heterocycles. The van der Waals surface area contributed by atoms with Crippen molar-refractivity contribution in [3.63, 3.8) is 0 Å². The van der Waals surface area contributed by atoms with E-state index in [1.807, 2.05) is 0 Å². The summed E-state index contributed by atoms with van der Waals surface area (Å²) in [5.41, 5.74) is 9.47. The third-order valence-corrected chi connectivity index (χ3v) is 9.88. The van der Waals surface area contributed by atoms with Crippen LogP contribution >= 0.6 is 0 Å². The highest BCUT2D eigenvalue weighted by atomic mass is 15.3. The van der Waals surface area contributed by atoms with E-state index in [9.17, 15) is 0 Å². The standard InChI is InChI=1S/C39H31N3/c1-39(2)32-20-9-7-18-30(32)37-35(39)36(29-19-11-15-24-12-5-6-16-27(24)29)40-38(41-37)42-33-21-10-8-17-28(33)31-22-25-13-3-4-14-26(25)23-34(31)42/h3-7,9-16,18-23,28,33H,8,17H2,1-2H3. The minimum Gasteiger partial charge on any atom is -0.303 e. The average Bonchev–Trinajstić information content (AvgIpc) is 3.47. The topological polar surface area (TPSA) is 29.0 Å². The molecule has 5 aromatic carbocycles. The molecule has 1 aliphatic heterocycles. The first-order valence-electron chi connectivity index (χ1n) is 15.1. The molecule has 9 rings (SSSR count). The zero-order chi connectivity index (χ0) is 28.0. The van der Waals surface area contributed by atoms with Crippen LogP contribution in [-0.2, 0) is 5.41 Å². The Balaban J connectivity index is 1.37. The van der Waals surface area contributed by atoms with Crippen LogP contribution in [0.5, 0.6) is 0 Å². The minimum absolute atomic E-state index is 0.202. The summed E-state index contributed by atoms with van der Waals surface area (Å²) in [5.74, 6) is 1.22. The largest absolute Gasteiger partial charge is 0.303 e. The van der Waals surface area contributed by atoms with Crippen molar-refractivity contribution in [1.82, 2.24) is 9.97 Å². The number of benzene rings is 5. The van der Waals surface area contributed by atoms with Gasteiger partial charge < -0.3 is 4.90 Å². The number of fused-ring (bicyclic) bond motifs is 8. The summed E-state index contributed by atoms with van der Waals surface area (Å²) in [6, 6.07) is 37.8. The maximum Gasteiger partial charge on any atom is 0.231 e. The average molecular weight is 542 g/mol. The second-order valence-corrected chi connectivity index (χ2v) is 12.5. The zero-order valence-corrected chi connectivity index (χ0v) is 23.9. The van der Waals surface area contributed by atoms with Crippen molar-refractivity contribution in [2.75, 3.05) is 4.90 Å². The molecule has 0 amide bonds. The van der Waals surface area contributed by atoms with E-state index < -0.39 is 0 Å². The van der Waals surface area contributed by atoms with E-state index in [2.05, 4.69) is 134 Å². The fourth-order valence-corrected chi connectivity index (χ4v) is 7.91. The minimum atomic E-state index is -0.219. The maximum atomic E-state index is 5.58. The SMILES string of the molecule is CC1(C)c2ccccc2-c2nc(N3c4cc5ccccc5cc4C4CCC=CC43)nc(-c3cccc4ccccc34)c21. The van der Waals surface area contributed by atoms with Gasteiger partial charge in [0.1, 0.15) is 0 Å². The van der Waals surface area contributed by atoms with Crippen molar-refractivity contribution < 1.29 is 0 Å². The maximum absolute atomic E-state index is 5.58. The summed E-state index contributed by atoms with van der Waals surface area (Å²) in [7, 11) is 0.